The van der Waals surface area contributed by atoms with Crippen molar-refractivity contribution in [3.8, 4) is 0 Å². The molecule has 6 heteroatoms. The Bertz CT molecular complexity index is 791. The summed E-state index contributed by atoms with van der Waals surface area (Å²) in [5.74, 6) is -0.750. The summed E-state index contributed by atoms with van der Waals surface area (Å²) < 4.78 is 5.61. The summed E-state index contributed by atoms with van der Waals surface area (Å²) in [6.45, 7) is 0. The van der Waals surface area contributed by atoms with Gasteiger partial charge in [-0.25, -0.2) is 4.79 Å². The summed E-state index contributed by atoms with van der Waals surface area (Å²) in [5.41, 5.74) is 1.14. The average molecular weight is 336 g/mol. The maximum absolute atomic E-state index is 11.6. The molecule has 0 saturated carbocycles. The minimum absolute atomic E-state index is 0.310. The summed E-state index contributed by atoms with van der Waals surface area (Å²) >= 11 is 11.9. The van der Waals surface area contributed by atoms with E-state index in [-0.39, 0.29) is 0 Å². The number of hydrogen-bond acceptors (Lipinski definition) is 3. The Morgan fingerprint density at radius 2 is 1.77 bits per heavy atom. The number of benzene rings is 2. The van der Waals surface area contributed by atoms with Crippen molar-refractivity contribution in [3.05, 3.63) is 64.3 Å². The molecule has 0 aliphatic carbocycles. The highest BCUT2D eigenvalue weighted by molar-refractivity contribution is 6.35. The van der Waals surface area contributed by atoms with Gasteiger partial charge in [0, 0.05) is 21.1 Å². The lowest BCUT2D eigenvalue weighted by atomic mass is 10.2. The molecule has 1 unspecified atom stereocenters. The number of carbonyl (C=O) groups is 1. The van der Waals surface area contributed by atoms with Crippen molar-refractivity contribution >= 4 is 45.8 Å². The molecule has 0 fully saturated rings. The molecular weight excluding hydrogens is 325 g/mol. The maximum atomic E-state index is 11.6. The van der Waals surface area contributed by atoms with E-state index in [1.165, 1.54) is 0 Å². The number of halogens is 2. The molecule has 22 heavy (non-hydrogen) atoms. The van der Waals surface area contributed by atoms with E-state index in [4.69, 9.17) is 27.6 Å². The van der Waals surface area contributed by atoms with Gasteiger partial charge in [0.05, 0.1) is 0 Å². The van der Waals surface area contributed by atoms with Gasteiger partial charge in [0.15, 0.2) is 6.04 Å². The SMILES string of the molecule is O=C(O)C(Nc1cc(Cl)cc(Cl)c1)c1cc2ccccc2o1. The van der Waals surface area contributed by atoms with Gasteiger partial charge in [-0.2, -0.15) is 0 Å². The molecule has 0 spiro atoms. The van der Waals surface area contributed by atoms with Gasteiger partial charge in [-0.15, -0.1) is 0 Å². The second-order valence-electron chi connectivity index (χ2n) is 4.76. The number of rotatable bonds is 4. The van der Waals surface area contributed by atoms with Crippen LogP contribution in [0.4, 0.5) is 5.69 Å². The number of aliphatic carboxylic acids is 1. The first-order valence-electron chi connectivity index (χ1n) is 6.47. The fraction of sp³-hybridized carbons (Fsp3) is 0.0625. The van der Waals surface area contributed by atoms with E-state index in [2.05, 4.69) is 5.32 Å². The van der Waals surface area contributed by atoms with E-state index in [9.17, 15) is 9.90 Å². The molecule has 0 radical (unpaired) electrons. The molecule has 3 rings (SSSR count). The van der Waals surface area contributed by atoms with Gasteiger partial charge in [-0.1, -0.05) is 41.4 Å². The van der Waals surface area contributed by atoms with E-state index in [0.717, 1.165) is 5.39 Å². The zero-order chi connectivity index (χ0) is 15.7. The molecule has 0 amide bonds. The van der Waals surface area contributed by atoms with Crippen LogP contribution in [0.1, 0.15) is 11.8 Å². The van der Waals surface area contributed by atoms with Crippen molar-refractivity contribution in [3.63, 3.8) is 0 Å². The van der Waals surface area contributed by atoms with Crippen LogP contribution >= 0.6 is 23.2 Å². The number of carboxylic acid groups (broad SMARTS) is 1. The molecule has 0 aliphatic rings. The lowest BCUT2D eigenvalue weighted by molar-refractivity contribution is -0.138. The lowest BCUT2D eigenvalue weighted by Crippen LogP contribution is -2.19. The Morgan fingerprint density at radius 1 is 1.09 bits per heavy atom. The Kier molecular flexibility index (Phi) is 3.96. The molecule has 1 atom stereocenters. The quantitative estimate of drug-likeness (QED) is 0.705. The smallest absolute Gasteiger partial charge is 0.334 e. The monoisotopic (exact) mass is 335 g/mol. The summed E-state index contributed by atoms with van der Waals surface area (Å²) in [6, 6.07) is 12.8. The first-order valence-corrected chi connectivity index (χ1v) is 7.22. The Labute approximate surface area is 136 Å². The van der Waals surface area contributed by atoms with Crippen molar-refractivity contribution in [2.24, 2.45) is 0 Å². The zero-order valence-corrected chi connectivity index (χ0v) is 12.7. The van der Waals surface area contributed by atoms with Crippen LogP contribution in [0.3, 0.4) is 0 Å². The first-order chi connectivity index (χ1) is 10.5. The summed E-state index contributed by atoms with van der Waals surface area (Å²) in [7, 11) is 0. The number of furan rings is 1. The topological polar surface area (TPSA) is 62.5 Å². The predicted octanol–water partition coefficient (Wildman–Crippen LogP) is 4.98. The largest absolute Gasteiger partial charge is 0.479 e. The number of fused-ring (bicyclic) bond motifs is 1. The van der Waals surface area contributed by atoms with Gasteiger partial charge < -0.3 is 14.8 Å². The van der Waals surface area contributed by atoms with Crippen LogP contribution in [0, 0.1) is 0 Å². The summed E-state index contributed by atoms with van der Waals surface area (Å²) in [6.07, 6.45) is 0. The van der Waals surface area contributed by atoms with Crippen molar-refractivity contribution < 1.29 is 14.3 Å². The van der Waals surface area contributed by atoms with Gasteiger partial charge in [0.1, 0.15) is 11.3 Å². The minimum Gasteiger partial charge on any atom is -0.479 e. The van der Waals surface area contributed by atoms with E-state index in [1.807, 2.05) is 18.2 Å². The molecule has 2 N–H and O–H groups in total. The Balaban J connectivity index is 1.97. The van der Waals surface area contributed by atoms with Crippen LogP contribution in [0.15, 0.2) is 52.9 Å². The first kappa shape index (κ1) is 14.8. The lowest BCUT2D eigenvalue weighted by Gasteiger charge is -2.14. The highest BCUT2D eigenvalue weighted by atomic mass is 35.5. The highest BCUT2D eigenvalue weighted by Gasteiger charge is 2.24. The maximum Gasteiger partial charge on any atom is 0.334 e. The third-order valence-electron chi connectivity index (χ3n) is 3.15. The van der Waals surface area contributed by atoms with Gasteiger partial charge in [-0.3, -0.25) is 0 Å². The molecule has 4 nitrogen and oxygen atoms in total. The second kappa shape index (κ2) is 5.91. The number of para-hydroxylation sites is 1. The number of anilines is 1. The predicted molar refractivity (Wildman–Crippen MR) is 86.7 cm³/mol. The minimum atomic E-state index is -1.06. The highest BCUT2D eigenvalue weighted by Crippen LogP contribution is 2.29. The molecule has 0 bridgehead atoms. The average Bonchev–Trinajstić information content (AvgIpc) is 2.86. The molecule has 1 heterocycles. The van der Waals surface area contributed by atoms with E-state index in [0.29, 0.717) is 27.1 Å². The van der Waals surface area contributed by atoms with E-state index in [1.54, 1.807) is 30.3 Å². The molecular formula is C16H11Cl2NO3. The number of carboxylic acids is 1. The van der Waals surface area contributed by atoms with Crippen molar-refractivity contribution in [2.75, 3.05) is 5.32 Å². The molecule has 3 aromatic rings. The molecule has 0 aliphatic heterocycles. The second-order valence-corrected chi connectivity index (χ2v) is 5.63. The van der Waals surface area contributed by atoms with Crippen molar-refractivity contribution in [1.29, 1.82) is 0 Å². The summed E-state index contributed by atoms with van der Waals surface area (Å²) in [4.78, 5) is 11.6. The number of hydrogen-bond donors (Lipinski definition) is 2. The normalized spacial score (nSPS) is 12.3. The third kappa shape index (κ3) is 3.03. The summed E-state index contributed by atoms with van der Waals surface area (Å²) in [5, 5.41) is 14.0. The van der Waals surface area contributed by atoms with Gasteiger partial charge in [0.2, 0.25) is 0 Å². The van der Waals surface area contributed by atoms with Crippen LogP contribution in [0.2, 0.25) is 10.0 Å². The standard InChI is InChI=1S/C16H11Cl2NO3/c17-10-6-11(18)8-12(7-10)19-15(16(20)21)14-5-9-3-1-2-4-13(9)22-14/h1-8,15,19H,(H,20,21). The van der Waals surface area contributed by atoms with Crippen LogP contribution in [0.25, 0.3) is 11.0 Å². The third-order valence-corrected chi connectivity index (χ3v) is 3.59. The Hall–Kier alpha value is -2.17. The van der Waals surface area contributed by atoms with Gasteiger partial charge in [-0.05, 0) is 30.3 Å². The van der Waals surface area contributed by atoms with Crippen molar-refractivity contribution in [1.82, 2.24) is 0 Å². The van der Waals surface area contributed by atoms with Crippen molar-refractivity contribution in [2.45, 2.75) is 6.04 Å². The van der Waals surface area contributed by atoms with E-state index >= 15 is 0 Å². The van der Waals surface area contributed by atoms with E-state index < -0.39 is 12.0 Å². The van der Waals surface area contributed by atoms with Crippen LogP contribution < -0.4 is 5.32 Å². The Morgan fingerprint density at radius 3 is 2.41 bits per heavy atom. The molecule has 2 aromatic carbocycles. The van der Waals surface area contributed by atoms with Crippen LogP contribution in [0.5, 0.6) is 0 Å². The molecule has 1 aromatic heterocycles. The van der Waals surface area contributed by atoms with Crippen LogP contribution in [-0.4, -0.2) is 11.1 Å². The van der Waals surface area contributed by atoms with Gasteiger partial charge in [0.25, 0.3) is 0 Å². The zero-order valence-electron chi connectivity index (χ0n) is 11.2. The number of nitrogens with one attached hydrogen (secondary N) is 1. The molecule has 0 saturated heterocycles. The van der Waals surface area contributed by atoms with Gasteiger partial charge >= 0.3 is 5.97 Å². The fourth-order valence-corrected chi connectivity index (χ4v) is 2.73. The van der Waals surface area contributed by atoms with Crippen LogP contribution in [-0.2, 0) is 4.79 Å². The molecule has 112 valence electrons. The fourth-order valence-electron chi connectivity index (χ4n) is 2.20.